The molecule has 1 aliphatic rings. The number of benzene rings is 2. The molecule has 0 atom stereocenters. The molecule has 0 spiro atoms. The zero-order chi connectivity index (χ0) is 16.1. The van der Waals surface area contributed by atoms with Crippen LogP contribution in [0.4, 0.5) is 4.39 Å². The van der Waals surface area contributed by atoms with Gasteiger partial charge in [0.05, 0.1) is 11.6 Å². The highest BCUT2D eigenvalue weighted by Crippen LogP contribution is 2.22. The molecular formula is C19H19FN2O. The third-order valence-corrected chi connectivity index (χ3v) is 4.13. The SMILES string of the molecule is N#Cc1cccc(CN2CCC(Oc3ccccc3F)CC2)c1. The number of piperidine rings is 1. The van der Waals surface area contributed by atoms with Gasteiger partial charge < -0.3 is 4.74 Å². The van der Waals surface area contributed by atoms with E-state index in [1.165, 1.54) is 6.07 Å². The molecule has 1 saturated heterocycles. The molecule has 2 aromatic rings. The quantitative estimate of drug-likeness (QED) is 0.863. The van der Waals surface area contributed by atoms with Gasteiger partial charge in [-0.3, -0.25) is 4.90 Å². The van der Waals surface area contributed by atoms with Gasteiger partial charge in [0.25, 0.3) is 0 Å². The van der Waals surface area contributed by atoms with Crippen molar-refractivity contribution in [3.8, 4) is 11.8 Å². The van der Waals surface area contributed by atoms with Crippen LogP contribution < -0.4 is 4.74 Å². The molecule has 0 aliphatic carbocycles. The number of rotatable bonds is 4. The standard InChI is InChI=1S/C19H19FN2O/c20-18-6-1-2-7-19(18)23-17-8-10-22(11-9-17)14-16-5-3-4-15(12-16)13-21/h1-7,12,17H,8-11,14H2. The van der Waals surface area contributed by atoms with Gasteiger partial charge in [-0.2, -0.15) is 5.26 Å². The molecule has 0 N–H and O–H groups in total. The van der Waals surface area contributed by atoms with E-state index in [2.05, 4.69) is 11.0 Å². The van der Waals surface area contributed by atoms with E-state index in [1.807, 2.05) is 24.3 Å². The molecule has 0 amide bonds. The summed E-state index contributed by atoms with van der Waals surface area (Å²) in [7, 11) is 0. The normalized spacial score (nSPS) is 16.0. The molecule has 0 bridgehead atoms. The Morgan fingerprint density at radius 3 is 2.65 bits per heavy atom. The summed E-state index contributed by atoms with van der Waals surface area (Å²) >= 11 is 0. The summed E-state index contributed by atoms with van der Waals surface area (Å²) < 4.78 is 19.4. The Hall–Kier alpha value is -2.38. The Labute approximate surface area is 135 Å². The number of hydrogen-bond donors (Lipinski definition) is 0. The number of ether oxygens (including phenoxy) is 1. The van der Waals surface area contributed by atoms with Gasteiger partial charge in [-0.15, -0.1) is 0 Å². The number of nitriles is 1. The fraction of sp³-hybridized carbons (Fsp3) is 0.316. The first-order valence-electron chi connectivity index (χ1n) is 7.87. The van der Waals surface area contributed by atoms with Crippen LogP contribution in [0.3, 0.4) is 0 Å². The molecule has 2 aromatic carbocycles. The molecule has 0 saturated carbocycles. The minimum absolute atomic E-state index is 0.0635. The largest absolute Gasteiger partial charge is 0.487 e. The molecule has 0 unspecified atom stereocenters. The smallest absolute Gasteiger partial charge is 0.165 e. The predicted molar refractivity (Wildman–Crippen MR) is 86.5 cm³/mol. The molecule has 23 heavy (non-hydrogen) atoms. The minimum Gasteiger partial charge on any atom is -0.487 e. The van der Waals surface area contributed by atoms with Crippen LogP contribution in [0.2, 0.25) is 0 Å². The molecular weight excluding hydrogens is 291 g/mol. The predicted octanol–water partition coefficient (Wildman–Crippen LogP) is 3.74. The maximum atomic E-state index is 13.6. The van der Waals surface area contributed by atoms with Crippen LogP contribution in [0.5, 0.6) is 5.75 Å². The Morgan fingerprint density at radius 2 is 1.91 bits per heavy atom. The van der Waals surface area contributed by atoms with Gasteiger partial charge in [0, 0.05) is 19.6 Å². The van der Waals surface area contributed by atoms with Crippen LogP contribution >= 0.6 is 0 Å². The molecule has 1 heterocycles. The molecule has 118 valence electrons. The van der Waals surface area contributed by atoms with Crippen molar-refractivity contribution in [2.24, 2.45) is 0 Å². The van der Waals surface area contributed by atoms with Crippen molar-refractivity contribution < 1.29 is 9.13 Å². The monoisotopic (exact) mass is 310 g/mol. The van der Waals surface area contributed by atoms with Crippen LogP contribution in [0.1, 0.15) is 24.0 Å². The van der Waals surface area contributed by atoms with Crippen LogP contribution in [0.15, 0.2) is 48.5 Å². The molecule has 1 fully saturated rings. The lowest BCUT2D eigenvalue weighted by molar-refractivity contribution is 0.0935. The average molecular weight is 310 g/mol. The summed E-state index contributed by atoms with van der Waals surface area (Å²) in [5, 5.41) is 8.95. The third-order valence-electron chi connectivity index (χ3n) is 4.13. The van der Waals surface area contributed by atoms with Gasteiger partial charge in [-0.05, 0) is 42.7 Å². The lowest BCUT2D eigenvalue weighted by Gasteiger charge is -2.32. The topological polar surface area (TPSA) is 36.3 Å². The highest BCUT2D eigenvalue weighted by molar-refractivity contribution is 5.32. The molecule has 0 radical (unpaired) electrons. The third kappa shape index (κ3) is 4.08. The van der Waals surface area contributed by atoms with Gasteiger partial charge in [-0.1, -0.05) is 24.3 Å². The highest BCUT2D eigenvalue weighted by Gasteiger charge is 2.21. The lowest BCUT2D eigenvalue weighted by atomic mass is 10.1. The first kappa shape index (κ1) is 15.5. The zero-order valence-corrected chi connectivity index (χ0v) is 12.9. The summed E-state index contributed by atoms with van der Waals surface area (Å²) in [5.41, 5.74) is 1.85. The van der Waals surface area contributed by atoms with Crippen molar-refractivity contribution in [2.75, 3.05) is 13.1 Å². The van der Waals surface area contributed by atoms with Gasteiger partial charge in [-0.25, -0.2) is 4.39 Å². The maximum Gasteiger partial charge on any atom is 0.165 e. The van der Waals surface area contributed by atoms with E-state index >= 15 is 0 Å². The zero-order valence-electron chi connectivity index (χ0n) is 12.9. The first-order valence-corrected chi connectivity index (χ1v) is 7.87. The highest BCUT2D eigenvalue weighted by atomic mass is 19.1. The van der Waals surface area contributed by atoms with Crippen LogP contribution in [0, 0.1) is 17.1 Å². The van der Waals surface area contributed by atoms with Crippen molar-refractivity contribution in [3.63, 3.8) is 0 Å². The summed E-state index contributed by atoms with van der Waals surface area (Å²) in [6.45, 7) is 2.66. The summed E-state index contributed by atoms with van der Waals surface area (Å²) in [5.74, 6) is 0.0379. The number of halogens is 1. The molecule has 1 aliphatic heterocycles. The Kier molecular flexibility index (Phi) is 4.89. The van der Waals surface area contributed by atoms with E-state index in [9.17, 15) is 4.39 Å². The maximum absolute atomic E-state index is 13.6. The Bertz CT molecular complexity index is 703. The van der Waals surface area contributed by atoms with Crippen molar-refractivity contribution in [1.29, 1.82) is 5.26 Å². The second kappa shape index (κ2) is 7.26. The second-order valence-corrected chi connectivity index (χ2v) is 5.84. The number of hydrogen-bond acceptors (Lipinski definition) is 3. The summed E-state index contributed by atoms with van der Waals surface area (Å²) in [6.07, 6.45) is 1.83. The van der Waals surface area contributed by atoms with E-state index in [0.29, 0.717) is 11.3 Å². The van der Waals surface area contributed by atoms with Crippen LogP contribution in [0.25, 0.3) is 0 Å². The van der Waals surface area contributed by atoms with E-state index in [1.54, 1.807) is 18.2 Å². The number of nitrogens with zero attached hydrogens (tertiary/aromatic N) is 2. The van der Waals surface area contributed by atoms with E-state index < -0.39 is 0 Å². The van der Waals surface area contributed by atoms with Crippen LogP contribution in [-0.2, 0) is 6.54 Å². The number of likely N-dealkylation sites (tertiary alicyclic amines) is 1. The fourth-order valence-electron chi connectivity index (χ4n) is 2.90. The van der Waals surface area contributed by atoms with E-state index in [-0.39, 0.29) is 11.9 Å². The average Bonchev–Trinajstić information content (AvgIpc) is 2.59. The Morgan fingerprint density at radius 1 is 1.13 bits per heavy atom. The lowest BCUT2D eigenvalue weighted by Crippen LogP contribution is -2.37. The minimum atomic E-state index is -0.303. The molecule has 3 rings (SSSR count). The second-order valence-electron chi connectivity index (χ2n) is 5.84. The van der Waals surface area contributed by atoms with Gasteiger partial charge in [0.2, 0.25) is 0 Å². The first-order chi connectivity index (χ1) is 11.2. The molecule has 0 aromatic heterocycles. The van der Waals surface area contributed by atoms with Crippen molar-refractivity contribution in [1.82, 2.24) is 4.90 Å². The van der Waals surface area contributed by atoms with Crippen LogP contribution in [-0.4, -0.2) is 24.1 Å². The van der Waals surface area contributed by atoms with Crippen molar-refractivity contribution in [2.45, 2.75) is 25.5 Å². The molecule has 3 nitrogen and oxygen atoms in total. The van der Waals surface area contributed by atoms with Gasteiger partial charge >= 0.3 is 0 Å². The van der Waals surface area contributed by atoms with Gasteiger partial charge in [0.1, 0.15) is 6.10 Å². The van der Waals surface area contributed by atoms with Crippen molar-refractivity contribution in [3.05, 3.63) is 65.5 Å². The van der Waals surface area contributed by atoms with Gasteiger partial charge in [0.15, 0.2) is 11.6 Å². The van der Waals surface area contributed by atoms with E-state index in [0.717, 1.165) is 38.0 Å². The molecule has 4 heteroatoms. The van der Waals surface area contributed by atoms with Crippen molar-refractivity contribution >= 4 is 0 Å². The Balaban J connectivity index is 1.52. The fourth-order valence-corrected chi connectivity index (χ4v) is 2.90. The van der Waals surface area contributed by atoms with E-state index in [4.69, 9.17) is 10.00 Å². The summed E-state index contributed by atoms with van der Waals surface area (Å²) in [6, 6.07) is 16.4. The number of para-hydroxylation sites is 1. The summed E-state index contributed by atoms with van der Waals surface area (Å²) in [4.78, 5) is 2.34.